The summed E-state index contributed by atoms with van der Waals surface area (Å²) in [5, 5.41) is 8.78. The van der Waals surface area contributed by atoms with Crippen molar-refractivity contribution >= 4 is 5.97 Å². The lowest BCUT2D eigenvalue weighted by molar-refractivity contribution is -0.136. The molecule has 0 aliphatic rings. The van der Waals surface area contributed by atoms with Gasteiger partial charge in [-0.15, -0.1) is 0 Å². The van der Waals surface area contributed by atoms with Crippen LogP contribution in [0.2, 0.25) is 0 Å². The summed E-state index contributed by atoms with van der Waals surface area (Å²) in [7, 11) is 0. The molecule has 0 saturated carbocycles. The van der Waals surface area contributed by atoms with E-state index < -0.39 is 5.97 Å². The SMILES string of the molecule is CCOc1cccc(CC(=O)O)c1OCC. The predicted molar refractivity (Wildman–Crippen MR) is 60.1 cm³/mol. The van der Waals surface area contributed by atoms with Crippen molar-refractivity contribution in [2.24, 2.45) is 0 Å². The summed E-state index contributed by atoms with van der Waals surface area (Å²) in [6.07, 6.45) is -0.0593. The molecule has 4 nitrogen and oxygen atoms in total. The number of para-hydroxylation sites is 1. The minimum Gasteiger partial charge on any atom is -0.490 e. The van der Waals surface area contributed by atoms with E-state index in [-0.39, 0.29) is 6.42 Å². The highest BCUT2D eigenvalue weighted by Crippen LogP contribution is 2.31. The summed E-state index contributed by atoms with van der Waals surface area (Å²) in [5.41, 5.74) is 0.639. The number of rotatable bonds is 6. The minimum atomic E-state index is -0.880. The van der Waals surface area contributed by atoms with Crippen LogP contribution in [0.1, 0.15) is 19.4 Å². The molecule has 0 aliphatic heterocycles. The zero-order valence-electron chi connectivity index (χ0n) is 9.53. The predicted octanol–water partition coefficient (Wildman–Crippen LogP) is 2.11. The fourth-order valence-corrected chi connectivity index (χ4v) is 1.44. The maximum absolute atomic E-state index is 10.7. The Morgan fingerprint density at radius 2 is 1.94 bits per heavy atom. The largest absolute Gasteiger partial charge is 0.490 e. The van der Waals surface area contributed by atoms with E-state index in [1.54, 1.807) is 18.2 Å². The number of hydrogen-bond donors (Lipinski definition) is 1. The van der Waals surface area contributed by atoms with Crippen LogP contribution in [0.5, 0.6) is 11.5 Å². The van der Waals surface area contributed by atoms with Crippen LogP contribution in [0.3, 0.4) is 0 Å². The molecule has 0 bridgehead atoms. The Kier molecular flexibility index (Phi) is 4.64. The number of hydrogen-bond acceptors (Lipinski definition) is 3. The number of benzene rings is 1. The molecular weight excluding hydrogens is 208 g/mol. The monoisotopic (exact) mass is 224 g/mol. The number of ether oxygens (including phenoxy) is 2. The van der Waals surface area contributed by atoms with Gasteiger partial charge in [-0.1, -0.05) is 12.1 Å². The van der Waals surface area contributed by atoms with Gasteiger partial charge in [0, 0.05) is 5.56 Å². The molecule has 1 aromatic carbocycles. The molecule has 1 rings (SSSR count). The highest BCUT2D eigenvalue weighted by atomic mass is 16.5. The second-order valence-electron chi connectivity index (χ2n) is 3.18. The number of carbonyl (C=O) groups is 1. The van der Waals surface area contributed by atoms with Gasteiger partial charge in [-0.05, 0) is 19.9 Å². The Morgan fingerprint density at radius 1 is 1.25 bits per heavy atom. The van der Waals surface area contributed by atoms with E-state index in [2.05, 4.69) is 0 Å². The molecule has 0 unspecified atom stereocenters. The van der Waals surface area contributed by atoms with E-state index in [1.807, 2.05) is 13.8 Å². The van der Waals surface area contributed by atoms with Crippen LogP contribution in [0.4, 0.5) is 0 Å². The summed E-state index contributed by atoms with van der Waals surface area (Å²) in [5.74, 6) is 0.256. The lowest BCUT2D eigenvalue weighted by atomic mass is 10.1. The van der Waals surface area contributed by atoms with E-state index in [0.29, 0.717) is 30.3 Å². The van der Waals surface area contributed by atoms with Crippen LogP contribution in [0.25, 0.3) is 0 Å². The summed E-state index contributed by atoms with van der Waals surface area (Å²) in [4.78, 5) is 10.7. The topological polar surface area (TPSA) is 55.8 Å². The van der Waals surface area contributed by atoms with Crippen molar-refractivity contribution in [3.63, 3.8) is 0 Å². The van der Waals surface area contributed by atoms with E-state index >= 15 is 0 Å². The zero-order chi connectivity index (χ0) is 12.0. The molecule has 0 fully saturated rings. The Bertz CT molecular complexity index is 360. The van der Waals surface area contributed by atoms with Crippen LogP contribution in [0.15, 0.2) is 18.2 Å². The first-order valence-corrected chi connectivity index (χ1v) is 5.28. The molecule has 88 valence electrons. The second kappa shape index (κ2) is 6.00. The zero-order valence-corrected chi connectivity index (χ0v) is 9.53. The van der Waals surface area contributed by atoms with Gasteiger partial charge < -0.3 is 14.6 Å². The molecule has 1 aromatic rings. The molecular formula is C12H16O4. The standard InChI is InChI=1S/C12H16O4/c1-3-15-10-7-5-6-9(8-11(13)14)12(10)16-4-2/h5-7H,3-4,8H2,1-2H3,(H,13,14). The first kappa shape index (κ1) is 12.4. The maximum Gasteiger partial charge on any atom is 0.307 e. The molecule has 4 heteroatoms. The molecule has 0 spiro atoms. The molecule has 0 amide bonds. The first-order valence-electron chi connectivity index (χ1n) is 5.28. The van der Waals surface area contributed by atoms with Crippen molar-refractivity contribution in [2.75, 3.05) is 13.2 Å². The van der Waals surface area contributed by atoms with Gasteiger partial charge in [-0.3, -0.25) is 4.79 Å². The van der Waals surface area contributed by atoms with Crippen LogP contribution >= 0.6 is 0 Å². The third-order valence-electron chi connectivity index (χ3n) is 1.99. The molecule has 0 atom stereocenters. The molecule has 0 radical (unpaired) electrons. The molecule has 0 aliphatic carbocycles. The van der Waals surface area contributed by atoms with Crippen molar-refractivity contribution in [3.8, 4) is 11.5 Å². The molecule has 0 heterocycles. The van der Waals surface area contributed by atoms with E-state index in [0.717, 1.165) is 0 Å². The number of aliphatic carboxylic acids is 1. The normalized spacial score (nSPS) is 9.88. The van der Waals surface area contributed by atoms with E-state index in [9.17, 15) is 4.79 Å². The lowest BCUT2D eigenvalue weighted by Gasteiger charge is -2.13. The molecule has 16 heavy (non-hydrogen) atoms. The number of carboxylic acids is 1. The van der Waals surface area contributed by atoms with Gasteiger partial charge in [-0.2, -0.15) is 0 Å². The highest BCUT2D eigenvalue weighted by molar-refractivity contribution is 5.72. The van der Waals surface area contributed by atoms with Gasteiger partial charge in [0.25, 0.3) is 0 Å². The smallest absolute Gasteiger partial charge is 0.307 e. The van der Waals surface area contributed by atoms with E-state index in [4.69, 9.17) is 14.6 Å². The van der Waals surface area contributed by atoms with Crippen LogP contribution in [0, 0.1) is 0 Å². The van der Waals surface area contributed by atoms with Gasteiger partial charge in [0.2, 0.25) is 0 Å². The van der Waals surface area contributed by atoms with Crippen molar-refractivity contribution in [1.82, 2.24) is 0 Å². The highest BCUT2D eigenvalue weighted by Gasteiger charge is 2.12. The van der Waals surface area contributed by atoms with Crippen LogP contribution in [-0.2, 0) is 11.2 Å². The summed E-state index contributed by atoms with van der Waals surface area (Å²) in [6, 6.07) is 5.28. The lowest BCUT2D eigenvalue weighted by Crippen LogP contribution is -2.06. The Balaban J connectivity index is 3.04. The van der Waals surface area contributed by atoms with Crippen LogP contribution in [-0.4, -0.2) is 24.3 Å². The second-order valence-corrected chi connectivity index (χ2v) is 3.18. The van der Waals surface area contributed by atoms with Gasteiger partial charge >= 0.3 is 5.97 Å². The fraction of sp³-hybridized carbons (Fsp3) is 0.417. The van der Waals surface area contributed by atoms with Gasteiger partial charge in [0.05, 0.1) is 19.6 Å². The van der Waals surface area contributed by atoms with Crippen molar-refractivity contribution in [2.45, 2.75) is 20.3 Å². The first-order chi connectivity index (χ1) is 7.69. The van der Waals surface area contributed by atoms with Gasteiger partial charge in [-0.25, -0.2) is 0 Å². The average Bonchev–Trinajstić information content (AvgIpc) is 2.22. The van der Waals surface area contributed by atoms with Gasteiger partial charge in [0.1, 0.15) is 0 Å². The fourth-order valence-electron chi connectivity index (χ4n) is 1.44. The summed E-state index contributed by atoms with van der Waals surface area (Å²) < 4.78 is 10.8. The summed E-state index contributed by atoms with van der Waals surface area (Å²) in [6.45, 7) is 4.74. The third-order valence-corrected chi connectivity index (χ3v) is 1.99. The molecule has 1 N–H and O–H groups in total. The Hall–Kier alpha value is -1.71. The average molecular weight is 224 g/mol. The summed E-state index contributed by atoms with van der Waals surface area (Å²) >= 11 is 0. The Labute approximate surface area is 94.8 Å². The van der Waals surface area contributed by atoms with E-state index in [1.165, 1.54) is 0 Å². The van der Waals surface area contributed by atoms with Crippen molar-refractivity contribution in [3.05, 3.63) is 23.8 Å². The van der Waals surface area contributed by atoms with Crippen molar-refractivity contribution < 1.29 is 19.4 Å². The van der Waals surface area contributed by atoms with Gasteiger partial charge in [0.15, 0.2) is 11.5 Å². The Morgan fingerprint density at radius 3 is 2.50 bits per heavy atom. The third kappa shape index (κ3) is 3.15. The molecule has 0 saturated heterocycles. The number of carboxylic acid groups (broad SMARTS) is 1. The minimum absolute atomic E-state index is 0.0593. The van der Waals surface area contributed by atoms with Crippen molar-refractivity contribution in [1.29, 1.82) is 0 Å². The molecule has 0 aromatic heterocycles. The van der Waals surface area contributed by atoms with Crippen LogP contribution < -0.4 is 9.47 Å². The maximum atomic E-state index is 10.7. The quantitative estimate of drug-likeness (QED) is 0.804.